The zero-order chi connectivity index (χ0) is 21.5. The van der Waals surface area contributed by atoms with Gasteiger partial charge in [0.05, 0.1) is 19.8 Å². The minimum Gasteiger partial charge on any atom is -0.378 e. The van der Waals surface area contributed by atoms with Crippen LogP contribution >= 0.6 is 12.2 Å². The largest absolute Gasteiger partial charge is 0.378 e. The smallest absolute Gasteiger partial charge is 0.243 e. The van der Waals surface area contributed by atoms with E-state index in [0.29, 0.717) is 11.7 Å². The molecule has 2 N–H and O–H groups in total. The molecule has 7 heteroatoms. The molecule has 0 saturated carbocycles. The highest BCUT2D eigenvalue weighted by molar-refractivity contribution is 7.80. The summed E-state index contributed by atoms with van der Waals surface area (Å²) in [5.41, 5.74) is 5.20. The van der Waals surface area contributed by atoms with Gasteiger partial charge in [-0.05, 0) is 80.5 Å². The second-order valence-corrected chi connectivity index (χ2v) is 7.90. The molecule has 30 heavy (non-hydrogen) atoms. The summed E-state index contributed by atoms with van der Waals surface area (Å²) < 4.78 is 5.39. The Bertz CT molecular complexity index is 859. The molecule has 0 unspecified atom stereocenters. The highest BCUT2D eigenvalue weighted by atomic mass is 32.1. The maximum absolute atomic E-state index is 12.6. The summed E-state index contributed by atoms with van der Waals surface area (Å²) in [7, 11) is 0. The number of likely N-dealkylation sites (N-methyl/N-ethyl adjacent to an activating group) is 1. The Kier molecular flexibility index (Phi) is 7.65. The van der Waals surface area contributed by atoms with Crippen LogP contribution in [0.15, 0.2) is 42.5 Å². The number of thiocarbonyl (C=S) groups is 1. The van der Waals surface area contributed by atoms with E-state index >= 15 is 0 Å². The lowest BCUT2D eigenvalue weighted by Crippen LogP contribution is -2.40. The molecule has 1 amide bonds. The molecule has 0 atom stereocenters. The van der Waals surface area contributed by atoms with Crippen LogP contribution in [0.1, 0.15) is 18.1 Å². The van der Waals surface area contributed by atoms with E-state index < -0.39 is 0 Å². The standard InChI is InChI=1S/C23H30N4O2S/c1-4-26(23(30)25-20-14-17(2)13-18(3)15-20)16-22(28)24-19-5-7-21(8-6-19)27-9-11-29-12-10-27/h5-8,13-15H,4,9-12,16H2,1-3H3,(H,24,28)(H,25,30). The number of nitrogens with one attached hydrogen (secondary N) is 2. The summed E-state index contributed by atoms with van der Waals surface area (Å²) in [6.07, 6.45) is 0. The van der Waals surface area contributed by atoms with Crippen LogP contribution in [0, 0.1) is 13.8 Å². The second-order valence-electron chi connectivity index (χ2n) is 7.52. The van der Waals surface area contributed by atoms with E-state index in [4.69, 9.17) is 17.0 Å². The molecule has 0 aromatic heterocycles. The number of benzene rings is 2. The van der Waals surface area contributed by atoms with Crippen molar-refractivity contribution in [3.63, 3.8) is 0 Å². The van der Waals surface area contributed by atoms with Crippen LogP contribution in [0.3, 0.4) is 0 Å². The van der Waals surface area contributed by atoms with Gasteiger partial charge < -0.3 is 25.2 Å². The van der Waals surface area contributed by atoms with Crippen LogP contribution < -0.4 is 15.5 Å². The molecule has 1 heterocycles. The molecule has 1 fully saturated rings. The second kappa shape index (κ2) is 10.4. The molecule has 0 spiro atoms. The molecule has 2 aromatic rings. The van der Waals surface area contributed by atoms with E-state index in [0.717, 1.165) is 43.4 Å². The van der Waals surface area contributed by atoms with E-state index in [9.17, 15) is 4.79 Å². The van der Waals surface area contributed by atoms with Gasteiger partial charge in [0.25, 0.3) is 0 Å². The predicted octanol–water partition coefficient (Wildman–Crippen LogP) is 3.80. The first-order chi connectivity index (χ1) is 14.4. The molecule has 0 aliphatic carbocycles. The van der Waals surface area contributed by atoms with Crippen molar-refractivity contribution >= 4 is 40.3 Å². The van der Waals surface area contributed by atoms with Crippen LogP contribution in [0.25, 0.3) is 0 Å². The molecule has 160 valence electrons. The number of rotatable bonds is 6. The van der Waals surface area contributed by atoms with Crippen LogP contribution in [0.5, 0.6) is 0 Å². The molecule has 6 nitrogen and oxygen atoms in total. The van der Waals surface area contributed by atoms with Crippen molar-refractivity contribution in [1.29, 1.82) is 0 Å². The minimum atomic E-state index is -0.0967. The van der Waals surface area contributed by atoms with Gasteiger partial charge in [-0.1, -0.05) is 6.07 Å². The molecule has 3 rings (SSSR count). The Hall–Kier alpha value is -2.64. The molecule has 1 aliphatic heterocycles. The lowest BCUT2D eigenvalue weighted by molar-refractivity contribution is -0.116. The van der Waals surface area contributed by atoms with E-state index in [1.165, 1.54) is 11.1 Å². The van der Waals surface area contributed by atoms with Gasteiger partial charge in [-0.25, -0.2) is 0 Å². The van der Waals surface area contributed by atoms with Crippen LogP contribution in [0.2, 0.25) is 0 Å². The Labute approximate surface area is 184 Å². The number of nitrogens with zero attached hydrogens (tertiary/aromatic N) is 2. The summed E-state index contributed by atoms with van der Waals surface area (Å²) in [5.74, 6) is -0.0967. The average Bonchev–Trinajstić information content (AvgIpc) is 2.72. The van der Waals surface area contributed by atoms with Gasteiger partial charge in [0, 0.05) is 36.7 Å². The van der Waals surface area contributed by atoms with Crippen molar-refractivity contribution in [3.05, 3.63) is 53.6 Å². The van der Waals surface area contributed by atoms with Crippen molar-refractivity contribution < 1.29 is 9.53 Å². The number of carbonyl (C=O) groups excluding carboxylic acids is 1. The van der Waals surface area contributed by atoms with Crippen molar-refractivity contribution in [2.24, 2.45) is 0 Å². The Morgan fingerprint density at radius 3 is 2.27 bits per heavy atom. The Balaban J connectivity index is 1.54. The summed E-state index contributed by atoms with van der Waals surface area (Å²) >= 11 is 5.53. The van der Waals surface area contributed by atoms with Crippen LogP contribution in [0.4, 0.5) is 17.1 Å². The zero-order valence-electron chi connectivity index (χ0n) is 17.9. The van der Waals surface area contributed by atoms with Crippen molar-refractivity contribution in [2.45, 2.75) is 20.8 Å². The Morgan fingerprint density at radius 1 is 1.03 bits per heavy atom. The van der Waals surface area contributed by atoms with Crippen molar-refractivity contribution in [1.82, 2.24) is 4.90 Å². The predicted molar refractivity (Wildman–Crippen MR) is 127 cm³/mol. The van der Waals surface area contributed by atoms with E-state index in [-0.39, 0.29) is 12.5 Å². The first-order valence-electron chi connectivity index (χ1n) is 10.3. The molecular weight excluding hydrogens is 396 g/mol. The molecular formula is C23H30N4O2S. The van der Waals surface area contributed by atoms with Gasteiger partial charge in [0.15, 0.2) is 5.11 Å². The monoisotopic (exact) mass is 426 g/mol. The van der Waals surface area contributed by atoms with Crippen LogP contribution in [-0.4, -0.2) is 55.3 Å². The minimum absolute atomic E-state index is 0.0967. The number of amides is 1. The van der Waals surface area contributed by atoms with E-state index in [1.807, 2.05) is 48.2 Å². The third kappa shape index (κ3) is 6.18. The summed E-state index contributed by atoms with van der Waals surface area (Å²) in [4.78, 5) is 16.7. The molecule has 1 aliphatic rings. The first-order valence-corrected chi connectivity index (χ1v) is 10.7. The van der Waals surface area contributed by atoms with Gasteiger partial charge in [-0.2, -0.15) is 0 Å². The average molecular weight is 427 g/mol. The third-order valence-electron chi connectivity index (χ3n) is 5.00. The number of anilines is 3. The van der Waals surface area contributed by atoms with Crippen molar-refractivity contribution in [3.8, 4) is 0 Å². The Morgan fingerprint density at radius 2 is 1.67 bits per heavy atom. The molecule has 1 saturated heterocycles. The van der Waals surface area contributed by atoms with Gasteiger partial charge in [-0.15, -0.1) is 0 Å². The molecule has 2 aromatic carbocycles. The third-order valence-corrected chi connectivity index (χ3v) is 5.36. The number of aryl methyl sites for hydroxylation is 2. The van der Waals surface area contributed by atoms with Gasteiger partial charge in [0.2, 0.25) is 5.91 Å². The molecule has 0 bridgehead atoms. The number of carbonyl (C=O) groups is 1. The number of morpholine rings is 1. The van der Waals surface area contributed by atoms with E-state index in [2.05, 4.69) is 35.4 Å². The molecule has 0 radical (unpaired) electrons. The summed E-state index contributed by atoms with van der Waals surface area (Å²) in [6.45, 7) is 10.2. The van der Waals surface area contributed by atoms with Gasteiger partial charge >= 0.3 is 0 Å². The van der Waals surface area contributed by atoms with Crippen molar-refractivity contribution in [2.75, 3.05) is 54.9 Å². The SMILES string of the molecule is CCN(CC(=O)Nc1ccc(N2CCOCC2)cc1)C(=S)Nc1cc(C)cc(C)c1. The lowest BCUT2D eigenvalue weighted by Gasteiger charge is -2.29. The highest BCUT2D eigenvalue weighted by Gasteiger charge is 2.14. The van der Waals surface area contributed by atoms with Crippen LogP contribution in [-0.2, 0) is 9.53 Å². The first kappa shape index (κ1) is 22.1. The fraction of sp³-hybridized carbons (Fsp3) is 0.391. The van der Waals surface area contributed by atoms with Gasteiger partial charge in [-0.3, -0.25) is 4.79 Å². The maximum Gasteiger partial charge on any atom is 0.243 e. The lowest BCUT2D eigenvalue weighted by atomic mass is 10.1. The normalized spacial score (nSPS) is 13.6. The number of hydrogen-bond donors (Lipinski definition) is 2. The fourth-order valence-corrected chi connectivity index (χ4v) is 3.84. The number of hydrogen-bond acceptors (Lipinski definition) is 4. The summed E-state index contributed by atoms with van der Waals surface area (Å²) in [6, 6.07) is 14.1. The zero-order valence-corrected chi connectivity index (χ0v) is 18.7. The van der Waals surface area contributed by atoms with E-state index in [1.54, 1.807) is 0 Å². The number of ether oxygens (including phenoxy) is 1. The quantitative estimate of drug-likeness (QED) is 0.686. The fourth-order valence-electron chi connectivity index (χ4n) is 3.53. The summed E-state index contributed by atoms with van der Waals surface area (Å²) in [5, 5.41) is 6.75. The maximum atomic E-state index is 12.6. The van der Waals surface area contributed by atoms with Gasteiger partial charge in [0.1, 0.15) is 0 Å². The highest BCUT2D eigenvalue weighted by Crippen LogP contribution is 2.19. The topological polar surface area (TPSA) is 56.8 Å².